The Hall–Kier alpha value is -2.51. The Bertz CT molecular complexity index is 744. The molecule has 138 valence electrons. The van der Waals surface area contributed by atoms with Crippen molar-refractivity contribution < 1.29 is 9.53 Å². The molecule has 2 aromatic rings. The molecule has 1 unspecified atom stereocenters. The molecule has 0 radical (unpaired) electrons. The summed E-state index contributed by atoms with van der Waals surface area (Å²) < 4.78 is 5.14. The van der Waals surface area contributed by atoms with Crippen molar-refractivity contribution in [3.8, 4) is 5.75 Å². The lowest BCUT2D eigenvalue weighted by Crippen LogP contribution is -2.57. The van der Waals surface area contributed by atoms with E-state index in [9.17, 15) is 4.79 Å². The maximum atomic E-state index is 12.7. The predicted octanol–water partition coefficient (Wildman–Crippen LogP) is 2.66. The van der Waals surface area contributed by atoms with Crippen LogP contribution in [0.3, 0.4) is 0 Å². The Morgan fingerprint density at radius 2 is 2.31 bits per heavy atom. The number of nitrogens with zero attached hydrogens (tertiary/aromatic N) is 2. The van der Waals surface area contributed by atoms with Crippen molar-refractivity contribution in [2.75, 3.05) is 43.9 Å². The van der Waals surface area contributed by atoms with Gasteiger partial charge in [0.1, 0.15) is 5.75 Å². The van der Waals surface area contributed by atoms with Crippen molar-refractivity contribution in [2.24, 2.45) is 0 Å². The van der Waals surface area contributed by atoms with Crippen molar-refractivity contribution in [1.29, 1.82) is 0 Å². The molecular weight excluding hydrogens is 354 g/mol. The van der Waals surface area contributed by atoms with Crippen LogP contribution in [0.2, 0.25) is 5.02 Å². The molecule has 26 heavy (non-hydrogen) atoms. The van der Waals surface area contributed by atoms with E-state index in [0.29, 0.717) is 29.5 Å². The maximum absolute atomic E-state index is 12.7. The Kier molecular flexibility index (Phi) is 6.14. The Morgan fingerprint density at radius 3 is 3.04 bits per heavy atom. The number of hydrogen-bond donors (Lipinski definition) is 3. The minimum absolute atomic E-state index is 0.0256. The predicted molar refractivity (Wildman–Crippen MR) is 103 cm³/mol. The van der Waals surface area contributed by atoms with Crippen molar-refractivity contribution in [3.05, 3.63) is 47.7 Å². The van der Waals surface area contributed by atoms with Crippen LogP contribution >= 0.6 is 11.6 Å². The van der Waals surface area contributed by atoms with E-state index in [1.54, 1.807) is 37.7 Å². The van der Waals surface area contributed by atoms with Crippen LogP contribution in [0.1, 0.15) is 0 Å². The van der Waals surface area contributed by atoms with Crippen LogP contribution in [-0.4, -0.2) is 55.2 Å². The highest BCUT2D eigenvalue weighted by Crippen LogP contribution is 2.27. The molecule has 1 fully saturated rings. The minimum atomic E-state index is -0.147. The van der Waals surface area contributed by atoms with Crippen molar-refractivity contribution >= 4 is 29.0 Å². The van der Waals surface area contributed by atoms with Gasteiger partial charge < -0.3 is 25.6 Å². The summed E-state index contributed by atoms with van der Waals surface area (Å²) in [4.78, 5) is 18.6. The van der Waals surface area contributed by atoms with Crippen LogP contribution in [0.4, 0.5) is 16.2 Å². The van der Waals surface area contributed by atoms with E-state index in [1.807, 2.05) is 17.0 Å². The molecule has 8 heteroatoms. The normalized spacial score (nSPS) is 16.8. The van der Waals surface area contributed by atoms with Crippen LogP contribution in [0.15, 0.2) is 42.7 Å². The van der Waals surface area contributed by atoms with Crippen LogP contribution in [0, 0.1) is 0 Å². The lowest BCUT2D eigenvalue weighted by Gasteiger charge is -2.36. The third kappa shape index (κ3) is 4.56. The standard InChI is InChI=1S/C18H22ClN5O2/c1-26-17-5-4-13(9-16(17)19)23-18(25)24-8-7-21-11-15(24)12-22-14-3-2-6-20-10-14/h2-6,9-10,15,21-22H,7-8,11-12H2,1H3,(H,23,25). The SMILES string of the molecule is COc1ccc(NC(=O)N2CCNCC2CNc2cccnc2)cc1Cl. The summed E-state index contributed by atoms with van der Waals surface area (Å²) in [7, 11) is 1.56. The third-order valence-electron chi connectivity index (χ3n) is 4.22. The molecule has 3 rings (SSSR count). The van der Waals surface area contributed by atoms with Gasteiger partial charge in [-0.15, -0.1) is 0 Å². The van der Waals surface area contributed by atoms with E-state index in [-0.39, 0.29) is 12.1 Å². The summed E-state index contributed by atoms with van der Waals surface area (Å²) in [5, 5.41) is 10.0. The number of methoxy groups -OCH3 is 1. The van der Waals surface area contributed by atoms with Crippen LogP contribution in [-0.2, 0) is 0 Å². The van der Waals surface area contributed by atoms with Gasteiger partial charge in [-0.05, 0) is 30.3 Å². The molecule has 0 spiro atoms. The molecule has 1 aliphatic heterocycles. The van der Waals surface area contributed by atoms with Gasteiger partial charge in [-0.25, -0.2) is 4.79 Å². The highest BCUT2D eigenvalue weighted by Gasteiger charge is 2.26. The first-order chi connectivity index (χ1) is 12.7. The van der Waals surface area contributed by atoms with E-state index >= 15 is 0 Å². The van der Waals surface area contributed by atoms with Crippen LogP contribution in [0.25, 0.3) is 0 Å². The van der Waals surface area contributed by atoms with Gasteiger partial charge in [0.2, 0.25) is 0 Å². The minimum Gasteiger partial charge on any atom is -0.495 e. The van der Waals surface area contributed by atoms with E-state index in [1.165, 1.54) is 0 Å². The van der Waals surface area contributed by atoms with Gasteiger partial charge in [0.25, 0.3) is 0 Å². The summed E-state index contributed by atoms with van der Waals surface area (Å²) in [6.07, 6.45) is 3.49. The molecule has 7 nitrogen and oxygen atoms in total. The van der Waals surface area contributed by atoms with Crippen molar-refractivity contribution in [1.82, 2.24) is 15.2 Å². The lowest BCUT2D eigenvalue weighted by atomic mass is 10.2. The number of carbonyl (C=O) groups is 1. The van der Waals surface area contributed by atoms with Gasteiger partial charge in [0.05, 0.1) is 23.9 Å². The number of nitrogens with one attached hydrogen (secondary N) is 3. The first kappa shape index (κ1) is 18.3. The van der Waals surface area contributed by atoms with Gasteiger partial charge in [-0.3, -0.25) is 4.98 Å². The van der Waals surface area contributed by atoms with E-state index in [4.69, 9.17) is 16.3 Å². The molecule has 0 saturated carbocycles. The van der Waals surface area contributed by atoms with Gasteiger partial charge >= 0.3 is 6.03 Å². The number of urea groups is 1. The van der Waals surface area contributed by atoms with E-state index in [2.05, 4.69) is 20.9 Å². The summed E-state index contributed by atoms with van der Waals surface area (Å²) in [6, 6.07) is 8.89. The number of rotatable bonds is 5. The number of hydrogen-bond acceptors (Lipinski definition) is 5. The summed E-state index contributed by atoms with van der Waals surface area (Å²) in [5.74, 6) is 0.574. The van der Waals surface area contributed by atoms with Gasteiger partial charge in [0.15, 0.2) is 0 Å². The molecule has 1 atom stereocenters. The second-order valence-corrected chi connectivity index (χ2v) is 6.36. The number of benzene rings is 1. The Labute approximate surface area is 157 Å². The molecule has 2 heterocycles. The largest absolute Gasteiger partial charge is 0.495 e. The molecule has 2 amide bonds. The van der Waals surface area contributed by atoms with E-state index in [0.717, 1.165) is 18.8 Å². The smallest absolute Gasteiger partial charge is 0.322 e. The van der Waals surface area contributed by atoms with Crippen LogP contribution in [0.5, 0.6) is 5.75 Å². The second kappa shape index (κ2) is 8.73. The Balaban J connectivity index is 1.63. The quantitative estimate of drug-likeness (QED) is 0.748. The fourth-order valence-corrected chi connectivity index (χ4v) is 3.11. The van der Waals surface area contributed by atoms with Crippen molar-refractivity contribution in [2.45, 2.75) is 6.04 Å². The summed E-state index contributed by atoms with van der Waals surface area (Å²) in [6.45, 7) is 2.76. The number of pyridine rings is 1. The number of anilines is 2. The highest BCUT2D eigenvalue weighted by molar-refractivity contribution is 6.32. The molecule has 1 aromatic carbocycles. The number of halogens is 1. The molecule has 1 aliphatic rings. The zero-order valence-corrected chi connectivity index (χ0v) is 15.3. The zero-order chi connectivity index (χ0) is 18.4. The highest BCUT2D eigenvalue weighted by atomic mass is 35.5. The number of amides is 2. The second-order valence-electron chi connectivity index (χ2n) is 5.95. The average molecular weight is 376 g/mol. The summed E-state index contributed by atoms with van der Waals surface area (Å²) >= 11 is 6.13. The number of carbonyl (C=O) groups excluding carboxylic acids is 1. The molecule has 3 N–H and O–H groups in total. The number of ether oxygens (including phenoxy) is 1. The maximum Gasteiger partial charge on any atom is 0.322 e. The molecule has 1 saturated heterocycles. The molecule has 0 bridgehead atoms. The van der Waals surface area contributed by atoms with Crippen molar-refractivity contribution in [3.63, 3.8) is 0 Å². The first-order valence-electron chi connectivity index (χ1n) is 8.43. The fourth-order valence-electron chi connectivity index (χ4n) is 2.85. The van der Waals surface area contributed by atoms with Gasteiger partial charge in [-0.2, -0.15) is 0 Å². The monoisotopic (exact) mass is 375 g/mol. The zero-order valence-electron chi connectivity index (χ0n) is 14.5. The Morgan fingerprint density at radius 1 is 1.42 bits per heavy atom. The van der Waals surface area contributed by atoms with Gasteiger partial charge in [-0.1, -0.05) is 11.6 Å². The molecular formula is C18H22ClN5O2. The lowest BCUT2D eigenvalue weighted by molar-refractivity contribution is 0.175. The third-order valence-corrected chi connectivity index (χ3v) is 4.51. The number of piperazine rings is 1. The topological polar surface area (TPSA) is 78.5 Å². The first-order valence-corrected chi connectivity index (χ1v) is 8.81. The van der Waals surface area contributed by atoms with Crippen LogP contribution < -0.4 is 20.7 Å². The fraction of sp³-hybridized carbons (Fsp3) is 0.333. The summed E-state index contributed by atoms with van der Waals surface area (Å²) in [5.41, 5.74) is 1.57. The average Bonchev–Trinajstić information content (AvgIpc) is 2.67. The van der Waals surface area contributed by atoms with Gasteiger partial charge in [0, 0.05) is 44.3 Å². The van der Waals surface area contributed by atoms with E-state index < -0.39 is 0 Å². The number of aromatic nitrogens is 1. The molecule has 0 aliphatic carbocycles. The molecule has 1 aromatic heterocycles.